The van der Waals surface area contributed by atoms with Crippen molar-refractivity contribution in [1.29, 1.82) is 0 Å². The van der Waals surface area contributed by atoms with Gasteiger partial charge in [-0.25, -0.2) is 0 Å². The molecule has 0 amide bonds. The quantitative estimate of drug-likeness (QED) is 0.781. The van der Waals surface area contributed by atoms with Gasteiger partial charge in [0.25, 0.3) is 0 Å². The van der Waals surface area contributed by atoms with Gasteiger partial charge in [-0.05, 0) is 28.5 Å². The molecule has 88 valence electrons. The van der Waals surface area contributed by atoms with E-state index in [4.69, 9.17) is 0 Å². The van der Waals surface area contributed by atoms with Gasteiger partial charge in [-0.3, -0.25) is 0 Å². The van der Waals surface area contributed by atoms with E-state index >= 15 is 0 Å². The number of hydrogen-bond donors (Lipinski definition) is 2. The molecular weight excluding hydrogens is 208 g/mol. The van der Waals surface area contributed by atoms with Gasteiger partial charge < -0.3 is 10.6 Å². The molecule has 1 aliphatic rings. The normalized spacial score (nSPS) is 18.9. The summed E-state index contributed by atoms with van der Waals surface area (Å²) in [5, 5.41) is 8.78. The number of hydrogen-bond acceptors (Lipinski definition) is 2. The Morgan fingerprint density at radius 1 is 1.12 bits per heavy atom. The van der Waals surface area contributed by atoms with Crippen molar-refractivity contribution in [2.75, 3.05) is 14.1 Å². The summed E-state index contributed by atoms with van der Waals surface area (Å²) < 4.78 is 0. The molecule has 1 aliphatic carbocycles. The van der Waals surface area contributed by atoms with Crippen LogP contribution in [0.4, 0.5) is 0 Å². The van der Waals surface area contributed by atoms with Crippen molar-refractivity contribution >= 4 is 11.8 Å². The van der Waals surface area contributed by atoms with E-state index in [0.717, 1.165) is 6.42 Å². The van der Waals surface area contributed by atoms with Crippen molar-refractivity contribution in [3.63, 3.8) is 0 Å². The summed E-state index contributed by atoms with van der Waals surface area (Å²) in [6.07, 6.45) is 9.53. The van der Waals surface area contributed by atoms with Gasteiger partial charge in [0, 0.05) is 26.0 Å². The van der Waals surface area contributed by atoms with Gasteiger partial charge in [-0.2, -0.15) is 0 Å². The van der Waals surface area contributed by atoms with E-state index in [-0.39, 0.29) is 0 Å². The highest BCUT2D eigenvalue weighted by molar-refractivity contribution is 5.62. The molecule has 2 N–H and O–H groups in total. The highest BCUT2D eigenvalue weighted by Crippen LogP contribution is 2.12. The number of likely N-dealkylation sites (N-methyl/N-ethyl adjacent to an activating group) is 1. The summed E-state index contributed by atoms with van der Waals surface area (Å²) in [5.74, 6) is 0. The monoisotopic (exact) mass is 226 g/mol. The Labute approximate surface area is 102 Å². The van der Waals surface area contributed by atoms with Crippen LogP contribution in [0.15, 0.2) is 48.2 Å². The average Bonchev–Trinajstić information content (AvgIpc) is 2.40. The van der Waals surface area contributed by atoms with Crippen molar-refractivity contribution < 1.29 is 0 Å². The second-order valence-electron chi connectivity index (χ2n) is 3.99. The zero-order valence-corrected chi connectivity index (χ0v) is 10.3. The summed E-state index contributed by atoms with van der Waals surface area (Å²) in [7, 11) is 3.88. The first-order valence-corrected chi connectivity index (χ1v) is 5.87. The van der Waals surface area contributed by atoms with Crippen LogP contribution >= 0.6 is 0 Å². The third kappa shape index (κ3) is 2.59. The SMILES string of the molecule is CN/C=c1/cccc/c1=C1\C=CC(NC)=CC1. The maximum Gasteiger partial charge on any atom is 0.0300 e. The van der Waals surface area contributed by atoms with Crippen molar-refractivity contribution in [2.45, 2.75) is 6.42 Å². The smallest absolute Gasteiger partial charge is 0.0300 e. The fourth-order valence-corrected chi connectivity index (χ4v) is 2.00. The molecule has 0 spiro atoms. The highest BCUT2D eigenvalue weighted by atomic mass is 14.8. The number of rotatable bonds is 2. The molecule has 0 saturated heterocycles. The van der Waals surface area contributed by atoms with Crippen LogP contribution in [0.3, 0.4) is 0 Å². The topological polar surface area (TPSA) is 24.1 Å². The highest BCUT2D eigenvalue weighted by Gasteiger charge is 2.00. The number of allylic oxidation sites excluding steroid dienone is 3. The van der Waals surface area contributed by atoms with Gasteiger partial charge in [-0.15, -0.1) is 0 Å². The Bertz CT molecular complexity index is 565. The van der Waals surface area contributed by atoms with Gasteiger partial charge in [0.05, 0.1) is 0 Å². The minimum Gasteiger partial charge on any atom is -0.393 e. The summed E-state index contributed by atoms with van der Waals surface area (Å²) in [4.78, 5) is 0. The molecule has 0 aromatic heterocycles. The predicted molar refractivity (Wildman–Crippen MR) is 73.5 cm³/mol. The summed E-state index contributed by atoms with van der Waals surface area (Å²) in [6.45, 7) is 0. The molecule has 0 unspecified atom stereocenters. The maximum absolute atomic E-state index is 3.16. The van der Waals surface area contributed by atoms with Crippen LogP contribution in [0, 0.1) is 0 Å². The lowest BCUT2D eigenvalue weighted by atomic mass is 10.0. The molecule has 0 atom stereocenters. The zero-order valence-electron chi connectivity index (χ0n) is 10.3. The number of nitrogens with one attached hydrogen (secondary N) is 2. The van der Waals surface area contributed by atoms with Crippen LogP contribution in [0.2, 0.25) is 0 Å². The summed E-state index contributed by atoms with van der Waals surface area (Å²) >= 11 is 0. The van der Waals surface area contributed by atoms with Crippen molar-refractivity contribution in [3.05, 3.63) is 58.6 Å². The number of benzene rings is 1. The van der Waals surface area contributed by atoms with Gasteiger partial charge in [0.1, 0.15) is 0 Å². The Hall–Kier alpha value is -1.96. The molecular formula is C15H18N2. The minimum absolute atomic E-state index is 0.973. The Morgan fingerprint density at radius 3 is 2.59 bits per heavy atom. The Kier molecular flexibility index (Phi) is 3.66. The molecule has 0 bridgehead atoms. The molecule has 0 saturated carbocycles. The van der Waals surface area contributed by atoms with Crippen molar-refractivity contribution in [3.8, 4) is 0 Å². The fourth-order valence-electron chi connectivity index (χ4n) is 2.00. The molecule has 2 rings (SSSR count). The summed E-state index contributed by atoms with van der Waals surface area (Å²) in [5.41, 5.74) is 2.54. The maximum atomic E-state index is 3.16. The second-order valence-corrected chi connectivity index (χ2v) is 3.99. The third-order valence-electron chi connectivity index (χ3n) is 2.90. The first-order valence-electron chi connectivity index (χ1n) is 5.87. The predicted octanol–water partition coefficient (Wildman–Crippen LogP) is 0.858. The lowest BCUT2D eigenvalue weighted by Gasteiger charge is -2.09. The fraction of sp³-hybridized carbons (Fsp3) is 0.200. The molecule has 1 aromatic rings. The minimum atomic E-state index is 0.973. The third-order valence-corrected chi connectivity index (χ3v) is 2.90. The first kappa shape index (κ1) is 11.5. The molecule has 2 nitrogen and oxygen atoms in total. The lowest BCUT2D eigenvalue weighted by Crippen LogP contribution is -2.28. The van der Waals surface area contributed by atoms with Crippen LogP contribution in [0.25, 0.3) is 11.8 Å². The molecule has 0 heterocycles. The molecule has 0 fully saturated rings. The van der Waals surface area contributed by atoms with Gasteiger partial charge >= 0.3 is 0 Å². The van der Waals surface area contributed by atoms with Gasteiger partial charge in [0.2, 0.25) is 0 Å². The van der Waals surface area contributed by atoms with Crippen molar-refractivity contribution in [2.24, 2.45) is 0 Å². The molecule has 0 radical (unpaired) electrons. The standard InChI is InChI=1S/C15H18N2/c1-16-11-13-5-3-4-6-15(13)12-7-9-14(17-2)10-8-12/h3-7,9-11,16-17H,8H2,1-2H3/b13-11-,15-12-. The largest absolute Gasteiger partial charge is 0.393 e. The zero-order chi connectivity index (χ0) is 12.1. The lowest BCUT2D eigenvalue weighted by molar-refractivity contribution is 1.01. The Balaban J connectivity index is 2.52. The molecule has 2 heteroatoms. The van der Waals surface area contributed by atoms with Crippen LogP contribution in [-0.4, -0.2) is 14.1 Å². The van der Waals surface area contributed by atoms with Crippen LogP contribution in [0.1, 0.15) is 6.42 Å². The van der Waals surface area contributed by atoms with E-state index in [1.165, 1.54) is 21.7 Å². The molecule has 1 aromatic carbocycles. The molecule has 17 heavy (non-hydrogen) atoms. The molecule has 0 aliphatic heterocycles. The van der Waals surface area contributed by atoms with Crippen molar-refractivity contribution in [1.82, 2.24) is 10.6 Å². The van der Waals surface area contributed by atoms with E-state index in [1.54, 1.807) is 0 Å². The first-order chi connectivity index (χ1) is 8.35. The van der Waals surface area contributed by atoms with Gasteiger partial charge in [0.15, 0.2) is 0 Å². The van der Waals surface area contributed by atoms with Crippen LogP contribution in [-0.2, 0) is 0 Å². The van der Waals surface area contributed by atoms with E-state index in [2.05, 4.69) is 53.1 Å². The average molecular weight is 226 g/mol. The van der Waals surface area contributed by atoms with E-state index in [1.807, 2.05) is 20.3 Å². The van der Waals surface area contributed by atoms with E-state index in [9.17, 15) is 0 Å². The van der Waals surface area contributed by atoms with Crippen LogP contribution in [0.5, 0.6) is 0 Å². The van der Waals surface area contributed by atoms with E-state index in [0.29, 0.717) is 0 Å². The van der Waals surface area contributed by atoms with Gasteiger partial charge in [-0.1, -0.05) is 36.4 Å². The Morgan fingerprint density at radius 2 is 1.94 bits per heavy atom. The van der Waals surface area contributed by atoms with E-state index < -0.39 is 0 Å². The second kappa shape index (κ2) is 5.39. The van der Waals surface area contributed by atoms with Crippen LogP contribution < -0.4 is 21.1 Å². The summed E-state index contributed by atoms with van der Waals surface area (Å²) in [6, 6.07) is 8.44.